The molecule has 1 saturated heterocycles. The van der Waals surface area contributed by atoms with Crippen molar-refractivity contribution in [2.24, 2.45) is 5.92 Å². The Morgan fingerprint density at radius 1 is 1.17 bits per heavy atom. The molecule has 0 aliphatic carbocycles. The Morgan fingerprint density at radius 3 is 2.47 bits per heavy atom. The second-order valence-electron chi connectivity index (χ2n) is 8.96. The SMILES string of the molecule is COc1ccc(CN(CC[C@H](c2ccccc2)[C@@H]2CCOC(C)(C)C2)C(C)=O)cc1. The van der Waals surface area contributed by atoms with Crippen molar-refractivity contribution in [1.82, 2.24) is 4.90 Å². The van der Waals surface area contributed by atoms with Gasteiger partial charge < -0.3 is 14.4 Å². The van der Waals surface area contributed by atoms with Gasteiger partial charge in [-0.15, -0.1) is 0 Å². The molecule has 2 aromatic rings. The van der Waals surface area contributed by atoms with Gasteiger partial charge >= 0.3 is 0 Å². The molecule has 162 valence electrons. The number of carbonyl (C=O) groups excluding carboxylic acids is 1. The predicted octanol–water partition coefficient (Wildman–Crippen LogP) is 5.42. The summed E-state index contributed by atoms with van der Waals surface area (Å²) in [5.74, 6) is 1.93. The molecular weight excluding hydrogens is 374 g/mol. The first-order valence-corrected chi connectivity index (χ1v) is 11.0. The Kier molecular flexibility index (Phi) is 7.54. The lowest BCUT2D eigenvalue weighted by Crippen LogP contribution is -2.37. The van der Waals surface area contributed by atoms with Crippen molar-refractivity contribution < 1.29 is 14.3 Å². The van der Waals surface area contributed by atoms with E-state index in [4.69, 9.17) is 9.47 Å². The third-order valence-corrected chi connectivity index (χ3v) is 6.22. The third-order valence-electron chi connectivity index (χ3n) is 6.22. The summed E-state index contributed by atoms with van der Waals surface area (Å²) in [5, 5.41) is 0. The maximum Gasteiger partial charge on any atom is 0.219 e. The Balaban J connectivity index is 1.72. The van der Waals surface area contributed by atoms with Gasteiger partial charge in [0.2, 0.25) is 5.91 Å². The number of hydrogen-bond donors (Lipinski definition) is 0. The van der Waals surface area contributed by atoms with Gasteiger partial charge in [-0.3, -0.25) is 4.79 Å². The number of hydrogen-bond acceptors (Lipinski definition) is 3. The highest BCUT2D eigenvalue weighted by molar-refractivity contribution is 5.73. The van der Waals surface area contributed by atoms with Crippen LogP contribution in [0.15, 0.2) is 54.6 Å². The normalized spacial score (nSPS) is 19.1. The van der Waals surface area contributed by atoms with Crippen LogP contribution in [0.25, 0.3) is 0 Å². The van der Waals surface area contributed by atoms with Crippen LogP contribution >= 0.6 is 0 Å². The number of methoxy groups -OCH3 is 1. The molecule has 0 spiro atoms. The fraction of sp³-hybridized carbons (Fsp3) is 0.500. The first-order valence-electron chi connectivity index (χ1n) is 11.0. The summed E-state index contributed by atoms with van der Waals surface area (Å²) in [6.07, 6.45) is 3.08. The lowest BCUT2D eigenvalue weighted by atomic mass is 9.75. The van der Waals surface area contributed by atoms with E-state index in [0.717, 1.165) is 43.7 Å². The number of nitrogens with zero attached hydrogens (tertiary/aromatic N) is 1. The van der Waals surface area contributed by atoms with Crippen molar-refractivity contribution >= 4 is 5.91 Å². The fourth-order valence-electron chi connectivity index (χ4n) is 4.59. The van der Waals surface area contributed by atoms with Crippen molar-refractivity contribution in [3.05, 3.63) is 65.7 Å². The standard InChI is InChI=1S/C26H35NO3/c1-20(28)27(19-21-10-12-24(29-4)13-11-21)16-14-25(22-8-6-5-7-9-22)23-15-17-30-26(2,3)18-23/h5-13,23,25H,14-19H2,1-4H3/t23-,25-/m1/s1. The quantitative estimate of drug-likeness (QED) is 0.584. The molecule has 0 aromatic heterocycles. The molecule has 30 heavy (non-hydrogen) atoms. The van der Waals surface area contributed by atoms with Crippen LogP contribution in [0.1, 0.15) is 57.1 Å². The van der Waals surface area contributed by atoms with Crippen molar-refractivity contribution in [2.45, 2.75) is 58.1 Å². The molecule has 1 fully saturated rings. The average Bonchev–Trinajstić information content (AvgIpc) is 2.73. The van der Waals surface area contributed by atoms with Crippen LogP contribution < -0.4 is 4.74 Å². The summed E-state index contributed by atoms with van der Waals surface area (Å²) in [6, 6.07) is 18.7. The molecular formula is C26H35NO3. The monoisotopic (exact) mass is 409 g/mol. The smallest absolute Gasteiger partial charge is 0.219 e. The number of amides is 1. The second-order valence-corrected chi connectivity index (χ2v) is 8.96. The van der Waals surface area contributed by atoms with E-state index in [1.165, 1.54) is 5.56 Å². The molecule has 2 atom stereocenters. The van der Waals surface area contributed by atoms with E-state index in [2.05, 4.69) is 44.2 Å². The van der Waals surface area contributed by atoms with Crippen LogP contribution in [0.3, 0.4) is 0 Å². The first-order chi connectivity index (χ1) is 14.4. The van der Waals surface area contributed by atoms with Crippen LogP contribution in [-0.2, 0) is 16.1 Å². The topological polar surface area (TPSA) is 38.8 Å². The summed E-state index contributed by atoms with van der Waals surface area (Å²) in [6.45, 7) is 8.22. The molecule has 1 aliphatic rings. The van der Waals surface area contributed by atoms with E-state index >= 15 is 0 Å². The van der Waals surface area contributed by atoms with Gasteiger partial charge in [0.25, 0.3) is 0 Å². The van der Waals surface area contributed by atoms with Crippen LogP contribution in [0.5, 0.6) is 5.75 Å². The molecule has 4 nitrogen and oxygen atoms in total. The molecule has 0 unspecified atom stereocenters. The van der Waals surface area contributed by atoms with Gasteiger partial charge in [-0.05, 0) is 68.2 Å². The maximum absolute atomic E-state index is 12.4. The van der Waals surface area contributed by atoms with Crippen LogP contribution in [0.4, 0.5) is 0 Å². The highest BCUT2D eigenvalue weighted by Gasteiger charge is 2.34. The van der Waals surface area contributed by atoms with Crippen LogP contribution in [0, 0.1) is 5.92 Å². The molecule has 2 aromatic carbocycles. The van der Waals surface area contributed by atoms with E-state index in [0.29, 0.717) is 18.4 Å². The summed E-state index contributed by atoms with van der Waals surface area (Å²) >= 11 is 0. The maximum atomic E-state index is 12.4. The first kappa shape index (κ1) is 22.4. The van der Waals surface area contributed by atoms with Crippen LogP contribution in [0.2, 0.25) is 0 Å². The van der Waals surface area contributed by atoms with Gasteiger partial charge in [-0.1, -0.05) is 42.5 Å². The van der Waals surface area contributed by atoms with Crippen molar-refractivity contribution in [3.63, 3.8) is 0 Å². The zero-order chi connectivity index (χ0) is 21.6. The third kappa shape index (κ3) is 6.09. The molecule has 0 N–H and O–H groups in total. The van der Waals surface area contributed by atoms with E-state index in [-0.39, 0.29) is 11.5 Å². The fourth-order valence-corrected chi connectivity index (χ4v) is 4.59. The van der Waals surface area contributed by atoms with Crippen LogP contribution in [-0.4, -0.2) is 36.7 Å². The Hall–Kier alpha value is -2.33. The summed E-state index contributed by atoms with van der Waals surface area (Å²) < 4.78 is 11.2. The van der Waals surface area contributed by atoms with Gasteiger partial charge in [-0.2, -0.15) is 0 Å². The molecule has 3 rings (SSSR count). The lowest BCUT2D eigenvalue weighted by molar-refractivity contribution is -0.129. The minimum atomic E-state index is -0.0840. The molecule has 1 heterocycles. The van der Waals surface area contributed by atoms with Crippen molar-refractivity contribution in [1.29, 1.82) is 0 Å². The minimum Gasteiger partial charge on any atom is -0.497 e. The number of rotatable bonds is 8. The Bertz CT molecular complexity index is 801. The van der Waals surface area contributed by atoms with E-state index in [1.54, 1.807) is 14.0 Å². The molecule has 0 radical (unpaired) electrons. The average molecular weight is 410 g/mol. The molecule has 1 amide bonds. The van der Waals surface area contributed by atoms with E-state index in [1.807, 2.05) is 29.2 Å². The van der Waals surface area contributed by atoms with Gasteiger partial charge in [0.05, 0.1) is 12.7 Å². The van der Waals surface area contributed by atoms with Gasteiger partial charge in [0.1, 0.15) is 5.75 Å². The zero-order valence-electron chi connectivity index (χ0n) is 18.8. The van der Waals surface area contributed by atoms with Gasteiger partial charge in [0.15, 0.2) is 0 Å². The lowest BCUT2D eigenvalue weighted by Gasteiger charge is -2.40. The number of ether oxygens (including phenoxy) is 2. The largest absolute Gasteiger partial charge is 0.497 e. The second kappa shape index (κ2) is 10.1. The highest BCUT2D eigenvalue weighted by atomic mass is 16.5. The van der Waals surface area contributed by atoms with Crippen molar-refractivity contribution in [2.75, 3.05) is 20.3 Å². The summed E-state index contributed by atoms with van der Waals surface area (Å²) in [4.78, 5) is 14.3. The molecule has 1 aliphatic heterocycles. The van der Waals surface area contributed by atoms with E-state index < -0.39 is 0 Å². The Morgan fingerprint density at radius 2 is 1.87 bits per heavy atom. The minimum absolute atomic E-state index is 0.0840. The summed E-state index contributed by atoms with van der Waals surface area (Å²) in [7, 11) is 1.66. The zero-order valence-corrected chi connectivity index (χ0v) is 18.8. The van der Waals surface area contributed by atoms with Crippen molar-refractivity contribution in [3.8, 4) is 5.75 Å². The molecule has 4 heteroatoms. The highest BCUT2D eigenvalue weighted by Crippen LogP contribution is 2.40. The number of carbonyl (C=O) groups is 1. The van der Waals surface area contributed by atoms with E-state index in [9.17, 15) is 4.79 Å². The van der Waals surface area contributed by atoms with Gasteiger partial charge in [-0.25, -0.2) is 0 Å². The Labute approximate surface area is 181 Å². The predicted molar refractivity (Wildman–Crippen MR) is 121 cm³/mol. The molecule has 0 bridgehead atoms. The summed E-state index contributed by atoms with van der Waals surface area (Å²) in [5.41, 5.74) is 2.40. The molecule has 0 saturated carbocycles. The number of benzene rings is 2. The van der Waals surface area contributed by atoms with Gasteiger partial charge in [0, 0.05) is 26.6 Å².